The van der Waals surface area contributed by atoms with Crippen molar-refractivity contribution in [1.29, 1.82) is 0 Å². The Kier molecular flexibility index (Phi) is 6.57. The van der Waals surface area contributed by atoms with Gasteiger partial charge in [-0.3, -0.25) is 4.79 Å². The molecule has 0 aliphatic heterocycles. The molecular weight excluding hydrogens is 188 g/mol. The Morgan fingerprint density at radius 3 is 2.13 bits per heavy atom. The van der Waals surface area contributed by atoms with Crippen molar-refractivity contribution >= 4 is 5.91 Å². The molecule has 0 fully saturated rings. The number of carbonyl (C=O) groups excluding carboxylic acids is 1. The Morgan fingerprint density at radius 1 is 1.20 bits per heavy atom. The molecule has 0 radical (unpaired) electrons. The number of hydrogen-bond acceptors (Lipinski definition) is 2. The number of amides is 1. The molecule has 3 nitrogen and oxygen atoms in total. The molecule has 0 aliphatic carbocycles. The monoisotopic (exact) mass is 214 g/mol. The molecule has 1 N–H and O–H groups in total. The highest BCUT2D eigenvalue weighted by Crippen LogP contribution is 2.09. The molecule has 90 valence electrons. The SMILES string of the molecule is CC(C)CC(C)N(C)C(=O)CNC(C)C. The molecule has 0 spiro atoms. The van der Waals surface area contributed by atoms with Crippen molar-refractivity contribution in [2.75, 3.05) is 13.6 Å². The van der Waals surface area contributed by atoms with Crippen LogP contribution in [0.4, 0.5) is 0 Å². The molecule has 3 heteroatoms. The summed E-state index contributed by atoms with van der Waals surface area (Å²) in [6.45, 7) is 11.0. The summed E-state index contributed by atoms with van der Waals surface area (Å²) >= 11 is 0. The van der Waals surface area contributed by atoms with Crippen LogP contribution in [0.3, 0.4) is 0 Å². The highest BCUT2D eigenvalue weighted by atomic mass is 16.2. The fourth-order valence-corrected chi connectivity index (χ4v) is 1.50. The summed E-state index contributed by atoms with van der Waals surface area (Å²) in [4.78, 5) is 13.6. The maximum Gasteiger partial charge on any atom is 0.236 e. The van der Waals surface area contributed by atoms with E-state index in [0.717, 1.165) is 6.42 Å². The van der Waals surface area contributed by atoms with Crippen molar-refractivity contribution < 1.29 is 4.79 Å². The summed E-state index contributed by atoms with van der Waals surface area (Å²) in [5, 5.41) is 3.14. The fourth-order valence-electron chi connectivity index (χ4n) is 1.50. The quantitative estimate of drug-likeness (QED) is 0.732. The summed E-state index contributed by atoms with van der Waals surface area (Å²) in [6.07, 6.45) is 1.06. The molecule has 0 aromatic carbocycles. The Hall–Kier alpha value is -0.570. The smallest absolute Gasteiger partial charge is 0.236 e. The van der Waals surface area contributed by atoms with Crippen LogP contribution in [-0.4, -0.2) is 36.5 Å². The van der Waals surface area contributed by atoms with E-state index >= 15 is 0 Å². The second kappa shape index (κ2) is 6.83. The van der Waals surface area contributed by atoms with Crippen molar-refractivity contribution in [3.63, 3.8) is 0 Å². The van der Waals surface area contributed by atoms with E-state index in [-0.39, 0.29) is 5.91 Å². The zero-order chi connectivity index (χ0) is 12.0. The first-order valence-electron chi connectivity index (χ1n) is 5.83. The van der Waals surface area contributed by atoms with Crippen LogP contribution in [0, 0.1) is 5.92 Å². The number of nitrogens with zero attached hydrogens (tertiary/aromatic N) is 1. The van der Waals surface area contributed by atoms with Gasteiger partial charge in [-0.25, -0.2) is 0 Å². The minimum Gasteiger partial charge on any atom is -0.342 e. The fraction of sp³-hybridized carbons (Fsp3) is 0.917. The molecule has 15 heavy (non-hydrogen) atoms. The Balaban J connectivity index is 3.96. The van der Waals surface area contributed by atoms with Crippen LogP contribution in [0.25, 0.3) is 0 Å². The molecule has 0 saturated heterocycles. The number of carbonyl (C=O) groups is 1. The van der Waals surface area contributed by atoms with Crippen LogP contribution < -0.4 is 5.32 Å². The Labute approximate surface area is 94.2 Å². The first kappa shape index (κ1) is 14.4. The van der Waals surface area contributed by atoms with Gasteiger partial charge in [-0.1, -0.05) is 27.7 Å². The van der Waals surface area contributed by atoms with Crippen LogP contribution in [0.2, 0.25) is 0 Å². The maximum atomic E-state index is 11.7. The highest BCUT2D eigenvalue weighted by Gasteiger charge is 2.16. The van der Waals surface area contributed by atoms with E-state index in [1.165, 1.54) is 0 Å². The molecule has 0 saturated carbocycles. The van der Waals surface area contributed by atoms with Crippen molar-refractivity contribution in [3.05, 3.63) is 0 Å². The van der Waals surface area contributed by atoms with Crippen molar-refractivity contribution in [2.45, 2.75) is 53.1 Å². The van der Waals surface area contributed by atoms with E-state index in [1.54, 1.807) is 0 Å². The summed E-state index contributed by atoms with van der Waals surface area (Å²) in [6, 6.07) is 0.689. The highest BCUT2D eigenvalue weighted by molar-refractivity contribution is 5.78. The molecule has 0 aliphatic rings. The average molecular weight is 214 g/mol. The largest absolute Gasteiger partial charge is 0.342 e. The third-order valence-electron chi connectivity index (χ3n) is 2.53. The molecule has 1 atom stereocenters. The van der Waals surface area contributed by atoms with Crippen LogP contribution in [0.15, 0.2) is 0 Å². The van der Waals surface area contributed by atoms with Crippen LogP contribution in [0.1, 0.15) is 41.0 Å². The van der Waals surface area contributed by atoms with Gasteiger partial charge >= 0.3 is 0 Å². The molecule has 0 rings (SSSR count). The average Bonchev–Trinajstić information content (AvgIpc) is 2.11. The summed E-state index contributed by atoms with van der Waals surface area (Å²) in [7, 11) is 1.89. The second-order valence-electron chi connectivity index (χ2n) is 5.02. The standard InChI is InChI=1S/C12H26N2O/c1-9(2)7-11(5)14(6)12(15)8-13-10(3)4/h9-11,13H,7-8H2,1-6H3. The topological polar surface area (TPSA) is 32.3 Å². The summed E-state index contributed by atoms with van der Waals surface area (Å²) < 4.78 is 0. The van der Waals surface area contributed by atoms with E-state index in [1.807, 2.05) is 25.8 Å². The lowest BCUT2D eigenvalue weighted by Gasteiger charge is -2.26. The van der Waals surface area contributed by atoms with Crippen LogP contribution in [-0.2, 0) is 4.79 Å². The molecule has 0 aromatic rings. The first-order valence-corrected chi connectivity index (χ1v) is 5.83. The molecule has 1 amide bonds. The Bertz CT molecular complexity index is 190. The van der Waals surface area contributed by atoms with E-state index in [4.69, 9.17) is 0 Å². The lowest BCUT2D eigenvalue weighted by molar-refractivity contribution is -0.131. The number of rotatable bonds is 6. The lowest BCUT2D eigenvalue weighted by atomic mass is 10.0. The number of nitrogens with one attached hydrogen (secondary N) is 1. The molecule has 0 bridgehead atoms. The number of likely N-dealkylation sites (N-methyl/N-ethyl adjacent to an activating group) is 1. The molecule has 1 unspecified atom stereocenters. The first-order chi connectivity index (χ1) is 6.84. The van der Waals surface area contributed by atoms with Crippen molar-refractivity contribution in [2.24, 2.45) is 5.92 Å². The van der Waals surface area contributed by atoms with E-state index in [0.29, 0.717) is 24.5 Å². The van der Waals surface area contributed by atoms with Gasteiger partial charge in [0, 0.05) is 19.1 Å². The lowest BCUT2D eigenvalue weighted by Crippen LogP contribution is -2.42. The van der Waals surface area contributed by atoms with Gasteiger partial charge in [0.25, 0.3) is 0 Å². The zero-order valence-electron chi connectivity index (χ0n) is 11.0. The Morgan fingerprint density at radius 2 is 1.73 bits per heavy atom. The molecule has 0 aromatic heterocycles. The molecule has 0 heterocycles. The van der Waals surface area contributed by atoms with E-state index < -0.39 is 0 Å². The van der Waals surface area contributed by atoms with E-state index in [2.05, 4.69) is 26.1 Å². The second-order valence-corrected chi connectivity index (χ2v) is 5.02. The van der Waals surface area contributed by atoms with E-state index in [9.17, 15) is 4.79 Å². The van der Waals surface area contributed by atoms with Gasteiger partial charge in [0.1, 0.15) is 0 Å². The van der Waals surface area contributed by atoms with Gasteiger partial charge in [0.15, 0.2) is 0 Å². The van der Waals surface area contributed by atoms with Crippen molar-refractivity contribution in [1.82, 2.24) is 10.2 Å². The van der Waals surface area contributed by atoms with Crippen LogP contribution in [0.5, 0.6) is 0 Å². The van der Waals surface area contributed by atoms with Gasteiger partial charge in [-0.15, -0.1) is 0 Å². The van der Waals surface area contributed by atoms with Gasteiger partial charge in [0.05, 0.1) is 6.54 Å². The summed E-state index contributed by atoms with van der Waals surface area (Å²) in [5.41, 5.74) is 0. The third kappa shape index (κ3) is 6.50. The van der Waals surface area contributed by atoms with Crippen LogP contribution >= 0.6 is 0 Å². The third-order valence-corrected chi connectivity index (χ3v) is 2.53. The normalized spacial score (nSPS) is 13.3. The minimum absolute atomic E-state index is 0.178. The molecular formula is C12H26N2O. The van der Waals surface area contributed by atoms with Gasteiger partial charge in [-0.05, 0) is 19.3 Å². The van der Waals surface area contributed by atoms with Gasteiger partial charge < -0.3 is 10.2 Å². The van der Waals surface area contributed by atoms with Gasteiger partial charge in [0.2, 0.25) is 5.91 Å². The number of hydrogen-bond donors (Lipinski definition) is 1. The predicted octanol–water partition coefficient (Wildman–Crippen LogP) is 1.88. The predicted molar refractivity (Wildman–Crippen MR) is 64.8 cm³/mol. The maximum absolute atomic E-state index is 11.7. The zero-order valence-corrected chi connectivity index (χ0v) is 11.0. The summed E-state index contributed by atoms with van der Waals surface area (Å²) in [5.74, 6) is 0.810. The minimum atomic E-state index is 0.178. The van der Waals surface area contributed by atoms with Crippen molar-refractivity contribution in [3.8, 4) is 0 Å². The van der Waals surface area contributed by atoms with Gasteiger partial charge in [-0.2, -0.15) is 0 Å².